The minimum atomic E-state index is 0. The van der Waals surface area contributed by atoms with Gasteiger partial charge in [0.2, 0.25) is 0 Å². The summed E-state index contributed by atoms with van der Waals surface area (Å²) in [6.07, 6.45) is 2.44. The quantitative estimate of drug-likeness (QED) is 0.381. The van der Waals surface area contributed by atoms with E-state index in [1.54, 1.807) is 0 Å². The summed E-state index contributed by atoms with van der Waals surface area (Å²) in [4.78, 5) is 0. The maximum atomic E-state index is 3.88. The standard InChI is InChI=1S/C6H13.BrH.Mg/c1-4-6(3)5-2;;/h6H,3-5H2,1-2H3;1H;/q-1;;+2/p-1. The monoisotopic (exact) mass is 188 g/mol. The third-order valence-corrected chi connectivity index (χ3v) is 1.15. The minimum absolute atomic E-state index is 0. The predicted octanol–water partition coefficient (Wildman–Crippen LogP) is -1.12. The largest absolute Gasteiger partial charge is 2.00 e. The summed E-state index contributed by atoms with van der Waals surface area (Å²) >= 11 is 0. The molecule has 0 bridgehead atoms. The van der Waals surface area contributed by atoms with Crippen molar-refractivity contribution in [2.45, 2.75) is 26.7 Å². The van der Waals surface area contributed by atoms with E-state index in [0.717, 1.165) is 0 Å². The molecule has 0 spiro atoms. The van der Waals surface area contributed by atoms with Crippen molar-refractivity contribution in [3.63, 3.8) is 0 Å². The number of hydrogen-bond acceptors (Lipinski definition) is 0. The van der Waals surface area contributed by atoms with Gasteiger partial charge in [0.1, 0.15) is 0 Å². The molecule has 0 aliphatic rings. The molecular formula is C6H13BrMg. The molecule has 8 heavy (non-hydrogen) atoms. The average molecular weight is 189 g/mol. The second-order valence-corrected chi connectivity index (χ2v) is 1.68. The molecule has 0 aromatic heterocycles. The maximum Gasteiger partial charge on any atom is 2.00 e. The van der Waals surface area contributed by atoms with Gasteiger partial charge in [-0.15, -0.1) is 0 Å². The second kappa shape index (κ2) is 11.1. The minimum Gasteiger partial charge on any atom is -1.00 e. The second-order valence-electron chi connectivity index (χ2n) is 1.68. The van der Waals surface area contributed by atoms with Gasteiger partial charge in [0, 0.05) is 0 Å². The van der Waals surface area contributed by atoms with E-state index >= 15 is 0 Å². The summed E-state index contributed by atoms with van der Waals surface area (Å²) in [5.41, 5.74) is 0. The average Bonchev–Trinajstić information content (AvgIpc) is 1.65. The van der Waals surface area contributed by atoms with Crippen LogP contribution in [0.3, 0.4) is 0 Å². The zero-order chi connectivity index (χ0) is 4.99. The summed E-state index contributed by atoms with van der Waals surface area (Å²) in [5, 5.41) is 0. The van der Waals surface area contributed by atoms with Gasteiger partial charge >= 0.3 is 23.1 Å². The van der Waals surface area contributed by atoms with E-state index in [1.807, 2.05) is 0 Å². The molecule has 0 saturated carbocycles. The van der Waals surface area contributed by atoms with Crippen LogP contribution >= 0.6 is 0 Å². The molecule has 0 aliphatic heterocycles. The van der Waals surface area contributed by atoms with Crippen LogP contribution < -0.4 is 17.0 Å². The van der Waals surface area contributed by atoms with Crippen LogP contribution in [0.25, 0.3) is 0 Å². The van der Waals surface area contributed by atoms with Gasteiger partial charge in [-0.25, -0.2) is 0 Å². The molecule has 0 radical (unpaired) electrons. The molecular weight excluding hydrogens is 176 g/mol. The molecule has 0 aliphatic carbocycles. The van der Waals surface area contributed by atoms with E-state index in [0.29, 0.717) is 5.92 Å². The Morgan fingerprint density at radius 1 is 1.25 bits per heavy atom. The first-order chi connectivity index (χ1) is 2.81. The van der Waals surface area contributed by atoms with Gasteiger partial charge in [0.15, 0.2) is 0 Å². The van der Waals surface area contributed by atoms with Gasteiger partial charge in [0.05, 0.1) is 0 Å². The first-order valence-corrected chi connectivity index (χ1v) is 2.64. The fourth-order valence-electron chi connectivity index (χ4n) is 0.289. The first-order valence-electron chi connectivity index (χ1n) is 2.64. The van der Waals surface area contributed by atoms with Crippen molar-refractivity contribution in [3.8, 4) is 0 Å². The summed E-state index contributed by atoms with van der Waals surface area (Å²) in [7, 11) is 0. The van der Waals surface area contributed by atoms with Crippen LogP contribution in [0.4, 0.5) is 0 Å². The van der Waals surface area contributed by atoms with Crippen molar-refractivity contribution in [2.24, 2.45) is 5.92 Å². The van der Waals surface area contributed by atoms with Crippen molar-refractivity contribution in [2.75, 3.05) is 0 Å². The van der Waals surface area contributed by atoms with Crippen molar-refractivity contribution >= 4 is 23.1 Å². The Bertz CT molecular complexity index is 27.7. The fourth-order valence-corrected chi connectivity index (χ4v) is 0.289. The normalized spacial score (nSPS) is 7.50. The summed E-state index contributed by atoms with van der Waals surface area (Å²) in [6.45, 7) is 8.21. The third kappa shape index (κ3) is 10.3. The summed E-state index contributed by atoms with van der Waals surface area (Å²) in [5.74, 6) is 0.685. The van der Waals surface area contributed by atoms with Gasteiger partial charge in [-0.1, -0.05) is 26.7 Å². The number of hydrogen-bond donors (Lipinski definition) is 0. The smallest absolute Gasteiger partial charge is 1.00 e. The van der Waals surface area contributed by atoms with Gasteiger partial charge < -0.3 is 23.9 Å². The Labute approximate surface area is 79.3 Å². The van der Waals surface area contributed by atoms with Crippen LogP contribution in [0.1, 0.15) is 26.7 Å². The maximum absolute atomic E-state index is 3.88. The molecule has 0 aromatic rings. The first kappa shape index (κ1) is 16.1. The zero-order valence-corrected chi connectivity index (χ0v) is 8.78. The van der Waals surface area contributed by atoms with E-state index in [9.17, 15) is 0 Å². The van der Waals surface area contributed by atoms with Crippen LogP contribution in [-0.2, 0) is 0 Å². The Morgan fingerprint density at radius 3 is 1.50 bits per heavy atom. The van der Waals surface area contributed by atoms with E-state index < -0.39 is 0 Å². The zero-order valence-electron chi connectivity index (χ0n) is 5.78. The van der Waals surface area contributed by atoms with Crippen LogP contribution in [0.15, 0.2) is 0 Å². The van der Waals surface area contributed by atoms with Crippen molar-refractivity contribution in [3.05, 3.63) is 6.92 Å². The van der Waals surface area contributed by atoms with Crippen LogP contribution in [0.2, 0.25) is 0 Å². The Morgan fingerprint density at radius 2 is 1.50 bits per heavy atom. The van der Waals surface area contributed by atoms with Crippen molar-refractivity contribution in [1.29, 1.82) is 0 Å². The predicted molar refractivity (Wildman–Crippen MR) is 35.2 cm³/mol. The van der Waals surface area contributed by atoms with Crippen LogP contribution in [0, 0.1) is 12.8 Å². The number of rotatable bonds is 2. The van der Waals surface area contributed by atoms with E-state index in [-0.39, 0.29) is 40.0 Å². The van der Waals surface area contributed by atoms with E-state index in [4.69, 9.17) is 0 Å². The van der Waals surface area contributed by atoms with Gasteiger partial charge in [-0.2, -0.15) is 5.92 Å². The van der Waals surface area contributed by atoms with Crippen LogP contribution in [-0.4, -0.2) is 23.1 Å². The SMILES string of the molecule is [Br-].[CH2-]C(CC)CC.[Mg+2]. The van der Waals surface area contributed by atoms with Crippen molar-refractivity contribution < 1.29 is 17.0 Å². The molecule has 0 fully saturated rings. The fraction of sp³-hybridized carbons (Fsp3) is 0.833. The third-order valence-electron chi connectivity index (χ3n) is 1.15. The van der Waals surface area contributed by atoms with Gasteiger partial charge in [0.25, 0.3) is 0 Å². The Balaban J connectivity index is -0.000000125. The van der Waals surface area contributed by atoms with E-state index in [2.05, 4.69) is 20.8 Å². The van der Waals surface area contributed by atoms with Crippen molar-refractivity contribution in [1.82, 2.24) is 0 Å². The molecule has 0 atom stereocenters. The van der Waals surface area contributed by atoms with Crippen LogP contribution in [0.5, 0.6) is 0 Å². The Kier molecular flexibility index (Phi) is 22.4. The Hall–Kier alpha value is 1.25. The van der Waals surface area contributed by atoms with Gasteiger partial charge in [-0.3, -0.25) is 0 Å². The summed E-state index contributed by atoms with van der Waals surface area (Å²) < 4.78 is 0. The topological polar surface area (TPSA) is 0 Å². The molecule has 46 valence electrons. The molecule has 0 saturated heterocycles. The molecule has 0 nitrogen and oxygen atoms in total. The van der Waals surface area contributed by atoms with E-state index in [1.165, 1.54) is 12.8 Å². The molecule has 0 unspecified atom stereocenters. The molecule has 0 N–H and O–H groups in total. The molecule has 2 heteroatoms. The molecule has 0 rings (SSSR count). The molecule has 0 aromatic carbocycles. The molecule has 0 amide bonds. The number of halogens is 1. The molecule has 0 heterocycles. The summed E-state index contributed by atoms with van der Waals surface area (Å²) in [6, 6.07) is 0. The van der Waals surface area contributed by atoms with Gasteiger partial charge in [-0.05, 0) is 0 Å².